The molecule has 0 unspecified atom stereocenters. The summed E-state index contributed by atoms with van der Waals surface area (Å²) in [4.78, 5) is 20.7. The van der Waals surface area contributed by atoms with Crippen LogP contribution in [0.3, 0.4) is 0 Å². The fourth-order valence-electron chi connectivity index (χ4n) is 3.25. The van der Waals surface area contributed by atoms with E-state index >= 15 is 0 Å². The van der Waals surface area contributed by atoms with Crippen molar-refractivity contribution in [2.24, 2.45) is 0 Å². The van der Waals surface area contributed by atoms with Gasteiger partial charge in [0.05, 0.1) is 10.6 Å². The summed E-state index contributed by atoms with van der Waals surface area (Å²) >= 11 is 6.41. The monoisotopic (exact) mass is 392 g/mol. The lowest BCUT2D eigenvalue weighted by atomic mass is 10.0. The van der Waals surface area contributed by atoms with Gasteiger partial charge in [-0.25, -0.2) is 14.8 Å². The van der Waals surface area contributed by atoms with Crippen LogP contribution in [0.15, 0.2) is 54.9 Å². The molecule has 4 aromatic rings. The van der Waals surface area contributed by atoms with E-state index in [2.05, 4.69) is 15.3 Å². The molecule has 6 nitrogen and oxygen atoms in total. The topological polar surface area (TPSA) is 79.5 Å². The molecule has 4 rings (SSSR count). The van der Waals surface area contributed by atoms with Crippen LogP contribution in [0.1, 0.15) is 21.5 Å². The van der Waals surface area contributed by atoms with Crippen molar-refractivity contribution < 1.29 is 9.90 Å². The summed E-state index contributed by atoms with van der Waals surface area (Å²) in [6.07, 6.45) is 3.46. The number of halogens is 1. The molecule has 0 fully saturated rings. The van der Waals surface area contributed by atoms with Crippen molar-refractivity contribution in [2.45, 2.75) is 13.8 Å². The Morgan fingerprint density at radius 3 is 2.54 bits per heavy atom. The van der Waals surface area contributed by atoms with Gasteiger partial charge in [-0.05, 0) is 43.2 Å². The molecule has 0 aliphatic heterocycles. The second-order valence-electron chi connectivity index (χ2n) is 6.46. The van der Waals surface area contributed by atoms with Gasteiger partial charge in [-0.3, -0.25) is 4.40 Å². The fourth-order valence-corrected chi connectivity index (χ4v) is 3.52. The molecule has 28 heavy (non-hydrogen) atoms. The SMILES string of the molecule is Cc1cccc(C)c1Nc1c(-c2c(Cl)cccc2C(=O)O)nc2ncccn12. The van der Waals surface area contributed by atoms with Crippen molar-refractivity contribution in [1.29, 1.82) is 0 Å². The van der Waals surface area contributed by atoms with Crippen LogP contribution in [0, 0.1) is 13.8 Å². The first-order chi connectivity index (χ1) is 13.5. The first-order valence-electron chi connectivity index (χ1n) is 8.66. The molecule has 7 heteroatoms. The van der Waals surface area contributed by atoms with Crippen LogP contribution in [-0.4, -0.2) is 25.4 Å². The minimum atomic E-state index is -1.07. The van der Waals surface area contributed by atoms with Crippen LogP contribution in [-0.2, 0) is 0 Å². The van der Waals surface area contributed by atoms with E-state index in [0.717, 1.165) is 16.8 Å². The maximum atomic E-state index is 11.8. The summed E-state index contributed by atoms with van der Waals surface area (Å²) in [5.41, 5.74) is 3.92. The van der Waals surface area contributed by atoms with Crippen molar-refractivity contribution in [2.75, 3.05) is 5.32 Å². The highest BCUT2D eigenvalue weighted by Gasteiger charge is 2.23. The second kappa shape index (κ2) is 6.98. The van der Waals surface area contributed by atoms with Gasteiger partial charge in [-0.2, -0.15) is 0 Å². The number of aromatic nitrogens is 3. The lowest BCUT2D eigenvalue weighted by Gasteiger charge is -2.15. The van der Waals surface area contributed by atoms with Crippen LogP contribution in [0.25, 0.3) is 17.0 Å². The molecule has 140 valence electrons. The highest BCUT2D eigenvalue weighted by Crippen LogP contribution is 2.38. The maximum absolute atomic E-state index is 11.8. The molecule has 2 aromatic carbocycles. The van der Waals surface area contributed by atoms with E-state index in [1.54, 1.807) is 28.8 Å². The zero-order chi connectivity index (χ0) is 19.8. The molecule has 0 saturated carbocycles. The highest BCUT2D eigenvalue weighted by molar-refractivity contribution is 6.34. The molecule has 0 amide bonds. The summed E-state index contributed by atoms with van der Waals surface area (Å²) in [7, 11) is 0. The number of nitrogens with one attached hydrogen (secondary N) is 1. The number of anilines is 2. The zero-order valence-electron chi connectivity index (χ0n) is 15.3. The van der Waals surface area contributed by atoms with Gasteiger partial charge in [0.2, 0.25) is 5.78 Å². The smallest absolute Gasteiger partial charge is 0.336 e. The predicted molar refractivity (Wildman–Crippen MR) is 110 cm³/mol. The van der Waals surface area contributed by atoms with Gasteiger partial charge in [0.1, 0.15) is 11.5 Å². The van der Waals surface area contributed by atoms with E-state index in [1.807, 2.05) is 38.2 Å². The fraction of sp³-hybridized carbons (Fsp3) is 0.0952. The lowest BCUT2D eigenvalue weighted by molar-refractivity contribution is 0.0697. The third kappa shape index (κ3) is 2.97. The molecule has 0 atom stereocenters. The van der Waals surface area contributed by atoms with Crippen LogP contribution in [0.5, 0.6) is 0 Å². The van der Waals surface area contributed by atoms with E-state index in [-0.39, 0.29) is 5.56 Å². The Balaban J connectivity index is 2.02. The summed E-state index contributed by atoms with van der Waals surface area (Å²) in [5.74, 6) is -0.0147. The summed E-state index contributed by atoms with van der Waals surface area (Å²) in [6.45, 7) is 4.02. The molecule has 0 saturated heterocycles. The number of carbonyl (C=O) groups is 1. The molecule has 0 bridgehead atoms. The van der Waals surface area contributed by atoms with E-state index in [1.165, 1.54) is 6.07 Å². The number of aryl methyl sites for hydroxylation is 2. The number of carboxylic acid groups (broad SMARTS) is 1. The Kier molecular flexibility index (Phi) is 4.49. The van der Waals surface area contributed by atoms with Crippen molar-refractivity contribution in [3.05, 3.63) is 76.6 Å². The van der Waals surface area contributed by atoms with E-state index in [0.29, 0.717) is 27.9 Å². The number of hydrogen-bond donors (Lipinski definition) is 2. The van der Waals surface area contributed by atoms with Gasteiger partial charge in [-0.15, -0.1) is 0 Å². The first-order valence-corrected chi connectivity index (χ1v) is 9.03. The molecule has 0 aliphatic rings. The van der Waals surface area contributed by atoms with Gasteiger partial charge in [0.15, 0.2) is 0 Å². The molecule has 0 radical (unpaired) electrons. The van der Waals surface area contributed by atoms with Crippen molar-refractivity contribution >= 4 is 34.9 Å². The van der Waals surface area contributed by atoms with Gasteiger partial charge in [-0.1, -0.05) is 35.9 Å². The van der Waals surface area contributed by atoms with Gasteiger partial charge < -0.3 is 10.4 Å². The Bertz CT molecular complexity index is 1200. The molecule has 2 aromatic heterocycles. The number of imidazole rings is 1. The number of para-hydroxylation sites is 1. The minimum Gasteiger partial charge on any atom is -0.478 e. The normalized spacial score (nSPS) is 11.0. The Morgan fingerprint density at radius 1 is 1.11 bits per heavy atom. The molecule has 2 heterocycles. The highest BCUT2D eigenvalue weighted by atomic mass is 35.5. The number of benzene rings is 2. The Morgan fingerprint density at radius 2 is 1.82 bits per heavy atom. The number of nitrogens with zero attached hydrogens (tertiary/aromatic N) is 3. The summed E-state index contributed by atoms with van der Waals surface area (Å²) < 4.78 is 1.79. The van der Waals surface area contributed by atoms with Gasteiger partial charge in [0.25, 0.3) is 0 Å². The van der Waals surface area contributed by atoms with E-state index < -0.39 is 5.97 Å². The average Bonchev–Trinajstić information content (AvgIpc) is 3.02. The predicted octanol–water partition coefficient (Wildman–Crippen LogP) is 5.11. The van der Waals surface area contributed by atoms with Gasteiger partial charge >= 0.3 is 5.97 Å². The summed E-state index contributed by atoms with van der Waals surface area (Å²) in [5, 5.41) is 13.4. The van der Waals surface area contributed by atoms with Crippen molar-refractivity contribution in [1.82, 2.24) is 14.4 Å². The molecule has 0 aliphatic carbocycles. The van der Waals surface area contributed by atoms with Crippen LogP contribution >= 0.6 is 11.6 Å². The second-order valence-corrected chi connectivity index (χ2v) is 6.87. The third-order valence-electron chi connectivity index (χ3n) is 4.61. The quantitative estimate of drug-likeness (QED) is 0.504. The van der Waals surface area contributed by atoms with E-state index in [4.69, 9.17) is 11.6 Å². The Hall–Kier alpha value is -3.38. The molecule has 2 N–H and O–H groups in total. The number of rotatable bonds is 4. The Labute approximate surface area is 166 Å². The van der Waals surface area contributed by atoms with Crippen LogP contribution in [0.4, 0.5) is 11.5 Å². The van der Waals surface area contributed by atoms with E-state index in [9.17, 15) is 9.90 Å². The zero-order valence-corrected chi connectivity index (χ0v) is 16.0. The molecular weight excluding hydrogens is 376 g/mol. The number of fused-ring (bicyclic) bond motifs is 1. The summed E-state index contributed by atoms with van der Waals surface area (Å²) in [6, 6.07) is 12.6. The lowest BCUT2D eigenvalue weighted by Crippen LogP contribution is -2.04. The van der Waals surface area contributed by atoms with Crippen LogP contribution < -0.4 is 5.32 Å². The number of aromatic carboxylic acids is 1. The maximum Gasteiger partial charge on any atom is 0.336 e. The third-order valence-corrected chi connectivity index (χ3v) is 4.92. The largest absolute Gasteiger partial charge is 0.478 e. The van der Waals surface area contributed by atoms with Gasteiger partial charge in [0, 0.05) is 23.6 Å². The van der Waals surface area contributed by atoms with Crippen molar-refractivity contribution in [3.8, 4) is 11.3 Å². The van der Waals surface area contributed by atoms with Crippen molar-refractivity contribution in [3.63, 3.8) is 0 Å². The minimum absolute atomic E-state index is 0.0838. The standard InChI is InChI=1S/C21H17ClN4O2/c1-12-6-3-7-13(2)17(12)24-19-18(25-21-23-10-5-11-26(19)21)16-14(20(27)28)8-4-9-15(16)22/h3-11,24H,1-2H3,(H,27,28). The molecular formula is C21H17ClN4O2. The number of carboxylic acids is 1. The average molecular weight is 393 g/mol. The van der Waals surface area contributed by atoms with Crippen LogP contribution in [0.2, 0.25) is 5.02 Å². The first kappa shape index (κ1) is 18.0. The number of hydrogen-bond acceptors (Lipinski definition) is 4. The molecule has 0 spiro atoms.